The molecule has 15 heavy (non-hydrogen) atoms. The first-order valence-electron chi connectivity index (χ1n) is 3.74. The van der Waals surface area contributed by atoms with E-state index in [0.717, 1.165) is 6.07 Å². The lowest BCUT2D eigenvalue weighted by atomic mass is 10.2. The molecule has 0 unspecified atom stereocenters. The minimum absolute atomic E-state index is 0.114. The molecule has 0 aromatic carbocycles. The highest BCUT2D eigenvalue weighted by Gasteiger charge is 2.32. The monoisotopic (exact) mass is 333 g/mol. The molecule has 0 bridgehead atoms. The fourth-order valence-corrected chi connectivity index (χ4v) is 1.68. The van der Waals surface area contributed by atoms with Crippen LogP contribution in [0.2, 0.25) is 0 Å². The van der Waals surface area contributed by atoms with Gasteiger partial charge in [0.15, 0.2) is 0 Å². The molecule has 0 spiro atoms. The van der Waals surface area contributed by atoms with E-state index in [4.69, 9.17) is 11.5 Å². The smallest absolute Gasteiger partial charge is 0.398 e. The van der Waals surface area contributed by atoms with Crippen LogP contribution in [0.25, 0.3) is 0 Å². The zero-order valence-electron chi connectivity index (χ0n) is 7.31. The third-order valence-corrected chi connectivity index (χ3v) is 2.40. The molecule has 0 saturated heterocycles. The number of nitrogens with zero attached hydrogens (tertiary/aromatic N) is 1. The second kappa shape index (κ2) is 4.39. The summed E-state index contributed by atoms with van der Waals surface area (Å²) in [4.78, 5) is 3.57. The Kier molecular flexibility index (Phi) is 3.60. The quantitative estimate of drug-likeness (QED) is 0.637. The van der Waals surface area contributed by atoms with Gasteiger partial charge in [-0.2, -0.15) is 0 Å². The third-order valence-electron chi connectivity index (χ3n) is 1.51. The van der Waals surface area contributed by atoms with Crippen molar-refractivity contribution >= 4 is 28.3 Å². The van der Waals surface area contributed by atoms with Crippen molar-refractivity contribution in [1.82, 2.24) is 4.98 Å². The second-order valence-corrected chi connectivity index (χ2v) is 3.59. The largest absolute Gasteiger partial charge is 0.574 e. The zero-order chi connectivity index (χ0) is 11.6. The summed E-state index contributed by atoms with van der Waals surface area (Å²) >= 11 is 1.74. The molecule has 1 heterocycles. The average molecular weight is 333 g/mol. The summed E-state index contributed by atoms with van der Waals surface area (Å²) in [6.07, 6.45) is -4.77. The van der Waals surface area contributed by atoms with Crippen LogP contribution in [0, 0.1) is 3.70 Å². The number of anilines is 1. The van der Waals surface area contributed by atoms with Crippen LogP contribution in [0.4, 0.5) is 18.9 Å². The Balaban J connectivity index is 3.04. The summed E-state index contributed by atoms with van der Waals surface area (Å²) in [6, 6.07) is 0.998. The lowest BCUT2D eigenvalue weighted by Crippen LogP contribution is -2.19. The Morgan fingerprint density at radius 1 is 1.47 bits per heavy atom. The van der Waals surface area contributed by atoms with E-state index in [2.05, 4.69) is 9.72 Å². The summed E-state index contributed by atoms with van der Waals surface area (Å²) in [7, 11) is 0. The summed E-state index contributed by atoms with van der Waals surface area (Å²) in [5, 5.41) is 0. The number of alkyl halides is 3. The van der Waals surface area contributed by atoms with Crippen molar-refractivity contribution < 1.29 is 17.9 Å². The first-order chi connectivity index (χ1) is 6.83. The van der Waals surface area contributed by atoms with Gasteiger partial charge in [-0.3, -0.25) is 0 Å². The predicted octanol–water partition coefficient (Wildman–Crippen LogP) is 1.63. The first-order valence-corrected chi connectivity index (χ1v) is 4.82. The molecule has 0 aliphatic rings. The standard InChI is InChI=1S/C7H7F3IN3O/c8-7(9,10)15-5-1-4(13)3(2-12)6(11)14-5/h1H,2,12H2,(H2,13,14). The van der Waals surface area contributed by atoms with Crippen LogP contribution < -0.4 is 16.2 Å². The van der Waals surface area contributed by atoms with Crippen LogP contribution in [-0.2, 0) is 6.54 Å². The summed E-state index contributed by atoms with van der Waals surface area (Å²) in [6.45, 7) is 0.114. The van der Waals surface area contributed by atoms with Gasteiger partial charge in [-0.15, -0.1) is 13.2 Å². The van der Waals surface area contributed by atoms with Crippen molar-refractivity contribution in [2.75, 3.05) is 5.73 Å². The van der Waals surface area contributed by atoms with Crippen LogP contribution in [-0.4, -0.2) is 11.3 Å². The molecule has 0 aliphatic heterocycles. The fraction of sp³-hybridized carbons (Fsp3) is 0.286. The lowest BCUT2D eigenvalue weighted by molar-refractivity contribution is -0.276. The van der Waals surface area contributed by atoms with Crippen molar-refractivity contribution in [3.63, 3.8) is 0 Å². The Morgan fingerprint density at radius 3 is 2.47 bits per heavy atom. The van der Waals surface area contributed by atoms with E-state index in [-0.39, 0.29) is 12.2 Å². The zero-order valence-corrected chi connectivity index (χ0v) is 9.46. The SMILES string of the molecule is NCc1c(N)cc(OC(F)(F)F)nc1I. The minimum Gasteiger partial charge on any atom is -0.398 e. The molecule has 8 heteroatoms. The molecule has 1 rings (SSSR count). The molecule has 84 valence electrons. The summed E-state index contributed by atoms with van der Waals surface area (Å²) in [5.74, 6) is -0.582. The van der Waals surface area contributed by atoms with Gasteiger partial charge in [0.2, 0.25) is 5.88 Å². The third kappa shape index (κ3) is 3.38. The number of halogens is 4. The van der Waals surface area contributed by atoms with Gasteiger partial charge < -0.3 is 16.2 Å². The molecule has 0 aliphatic carbocycles. The number of hydrogen-bond donors (Lipinski definition) is 2. The van der Waals surface area contributed by atoms with Crippen molar-refractivity contribution in [1.29, 1.82) is 0 Å². The normalized spacial score (nSPS) is 11.5. The number of nitrogens with two attached hydrogens (primary N) is 2. The van der Waals surface area contributed by atoms with Crippen molar-refractivity contribution in [2.24, 2.45) is 5.73 Å². The highest BCUT2D eigenvalue weighted by molar-refractivity contribution is 14.1. The van der Waals surface area contributed by atoms with Crippen LogP contribution in [0.1, 0.15) is 5.56 Å². The second-order valence-electron chi connectivity index (χ2n) is 2.57. The Labute approximate surface area is 96.9 Å². The topological polar surface area (TPSA) is 74.2 Å². The fourth-order valence-electron chi connectivity index (χ4n) is 0.909. The molecule has 4 nitrogen and oxygen atoms in total. The molecule has 1 aromatic rings. The molecule has 1 aromatic heterocycles. The molecular weight excluding hydrogens is 326 g/mol. The van der Waals surface area contributed by atoms with Gasteiger partial charge in [0.25, 0.3) is 0 Å². The highest BCUT2D eigenvalue weighted by atomic mass is 127. The van der Waals surface area contributed by atoms with Crippen LogP contribution >= 0.6 is 22.6 Å². The van der Waals surface area contributed by atoms with E-state index in [1.807, 2.05) is 0 Å². The molecule has 0 amide bonds. The Hall–Kier alpha value is -0.770. The van der Waals surface area contributed by atoms with Crippen molar-refractivity contribution in [3.8, 4) is 5.88 Å². The van der Waals surface area contributed by atoms with E-state index in [1.165, 1.54) is 0 Å². The predicted molar refractivity (Wildman–Crippen MR) is 55.9 cm³/mol. The first kappa shape index (κ1) is 12.3. The van der Waals surface area contributed by atoms with E-state index in [9.17, 15) is 13.2 Å². The summed E-state index contributed by atoms with van der Waals surface area (Å²) in [5.41, 5.74) is 11.5. The number of hydrogen-bond acceptors (Lipinski definition) is 4. The van der Waals surface area contributed by atoms with E-state index < -0.39 is 12.2 Å². The van der Waals surface area contributed by atoms with Crippen LogP contribution in [0.5, 0.6) is 5.88 Å². The van der Waals surface area contributed by atoms with Gasteiger partial charge in [-0.25, -0.2) is 4.98 Å². The minimum atomic E-state index is -4.77. The van der Waals surface area contributed by atoms with Gasteiger partial charge in [0, 0.05) is 23.9 Å². The number of rotatable bonds is 2. The Bertz CT molecular complexity index is 346. The Morgan fingerprint density at radius 2 is 2.07 bits per heavy atom. The van der Waals surface area contributed by atoms with Gasteiger partial charge in [0.05, 0.1) is 0 Å². The lowest BCUT2D eigenvalue weighted by Gasteiger charge is -2.11. The number of ether oxygens (including phenoxy) is 1. The maximum atomic E-state index is 11.9. The van der Waals surface area contributed by atoms with Gasteiger partial charge in [-0.05, 0) is 22.6 Å². The molecular formula is C7H7F3IN3O. The van der Waals surface area contributed by atoms with Crippen molar-refractivity contribution in [2.45, 2.75) is 12.9 Å². The van der Waals surface area contributed by atoms with E-state index in [1.54, 1.807) is 22.6 Å². The molecule has 0 atom stereocenters. The number of nitrogen functional groups attached to an aromatic ring is 1. The molecule has 0 saturated carbocycles. The maximum Gasteiger partial charge on any atom is 0.574 e. The van der Waals surface area contributed by atoms with Gasteiger partial charge >= 0.3 is 6.36 Å². The van der Waals surface area contributed by atoms with Gasteiger partial charge in [-0.1, -0.05) is 0 Å². The molecule has 0 radical (unpaired) electrons. The van der Waals surface area contributed by atoms with Crippen molar-refractivity contribution in [3.05, 3.63) is 15.3 Å². The summed E-state index contributed by atoms with van der Waals surface area (Å²) < 4.78 is 39.5. The maximum absolute atomic E-state index is 11.9. The highest BCUT2D eigenvalue weighted by Crippen LogP contribution is 2.26. The average Bonchev–Trinajstić information content (AvgIpc) is 1.99. The number of aromatic nitrogens is 1. The van der Waals surface area contributed by atoms with E-state index >= 15 is 0 Å². The van der Waals surface area contributed by atoms with Crippen LogP contribution in [0.3, 0.4) is 0 Å². The molecule has 4 N–H and O–H groups in total. The molecule has 0 fully saturated rings. The van der Waals surface area contributed by atoms with Crippen LogP contribution in [0.15, 0.2) is 6.07 Å². The van der Waals surface area contributed by atoms with E-state index in [0.29, 0.717) is 9.26 Å². The van der Waals surface area contributed by atoms with Gasteiger partial charge in [0.1, 0.15) is 3.70 Å². The number of pyridine rings is 1.